The van der Waals surface area contributed by atoms with Gasteiger partial charge in [-0.05, 0) is 17.7 Å². The number of hydrogen-bond donors (Lipinski definition) is 0. The lowest BCUT2D eigenvalue weighted by Gasteiger charge is -2.16. The van der Waals surface area contributed by atoms with Gasteiger partial charge >= 0.3 is 7.25 Å². The lowest BCUT2D eigenvalue weighted by molar-refractivity contribution is -0.537. The monoisotopic (exact) mass is 479 g/mol. The zero-order chi connectivity index (χ0) is 25.0. The van der Waals surface area contributed by atoms with Crippen LogP contribution in [0.15, 0.2) is 97.1 Å². The number of rotatable bonds is 4. The molecule has 0 spiro atoms. The molecule has 0 amide bonds. The van der Waals surface area contributed by atoms with Crippen molar-refractivity contribution in [3.05, 3.63) is 97.1 Å². The van der Waals surface area contributed by atoms with Gasteiger partial charge in [0, 0.05) is 29.8 Å². The van der Waals surface area contributed by atoms with Crippen molar-refractivity contribution in [1.82, 2.24) is 0 Å². The standard InChI is InChI=1S/C27H22NO2.BF4/c1-29-23-17-9-15-21-26(23)25(19-11-5-3-6-12-19)27-22(16-10-18-24(27)30-2)28(21)20-13-7-4-8-14-20;2-1(3,4)5/h3-18H,1-2H3;/q+1;-1. The summed E-state index contributed by atoms with van der Waals surface area (Å²) in [5.41, 5.74) is 5.50. The van der Waals surface area contributed by atoms with Crippen LogP contribution in [0.3, 0.4) is 0 Å². The van der Waals surface area contributed by atoms with Crippen molar-refractivity contribution in [2.24, 2.45) is 0 Å². The van der Waals surface area contributed by atoms with Gasteiger partial charge < -0.3 is 26.7 Å². The number of aromatic nitrogens is 1. The summed E-state index contributed by atoms with van der Waals surface area (Å²) in [6.45, 7) is 0. The third-order valence-electron chi connectivity index (χ3n) is 5.51. The lowest BCUT2D eigenvalue weighted by Crippen LogP contribution is -2.33. The summed E-state index contributed by atoms with van der Waals surface area (Å²) in [6.07, 6.45) is 0. The molecule has 1 heterocycles. The zero-order valence-corrected chi connectivity index (χ0v) is 19.1. The first-order chi connectivity index (χ1) is 16.8. The molecule has 0 aliphatic heterocycles. The molecule has 5 rings (SSSR count). The molecular weight excluding hydrogens is 457 g/mol. The van der Waals surface area contributed by atoms with Crippen molar-refractivity contribution in [2.45, 2.75) is 0 Å². The van der Waals surface area contributed by atoms with Crippen molar-refractivity contribution in [1.29, 1.82) is 0 Å². The van der Waals surface area contributed by atoms with Crippen molar-refractivity contribution >= 4 is 29.1 Å². The Balaban J connectivity index is 0.000000527. The van der Waals surface area contributed by atoms with E-state index in [0.717, 1.165) is 50.1 Å². The van der Waals surface area contributed by atoms with Crippen LogP contribution in [0, 0.1) is 0 Å². The Bertz CT molecular complexity index is 1390. The van der Waals surface area contributed by atoms with Crippen molar-refractivity contribution in [3.63, 3.8) is 0 Å². The van der Waals surface area contributed by atoms with Crippen molar-refractivity contribution in [2.75, 3.05) is 14.2 Å². The Morgan fingerprint density at radius 3 is 1.43 bits per heavy atom. The molecule has 5 aromatic rings. The van der Waals surface area contributed by atoms with Gasteiger partial charge in [-0.2, -0.15) is 4.57 Å². The second-order valence-electron chi connectivity index (χ2n) is 7.62. The maximum absolute atomic E-state index is 9.75. The quantitative estimate of drug-likeness (QED) is 0.117. The summed E-state index contributed by atoms with van der Waals surface area (Å²) in [5, 5.41) is 2.12. The number of methoxy groups -OCH3 is 2. The van der Waals surface area contributed by atoms with Crippen LogP contribution in [0.1, 0.15) is 0 Å². The molecule has 35 heavy (non-hydrogen) atoms. The fraction of sp³-hybridized carbons (Fsp3) is 0.0741. The van der Waals surface area contributed by atoms with E-state index >= 15 is 0 Å². The Kier molecular flexibility index (Phi) is 6.91. The highest BCUT2D eigenvalue weighted by atomic mass is 19.5. The summed E-state index contributed by atoms with van der Waals surface area (Å²) in [4.78, 5) is 0. The highest BCUT2D eigenvalue weighted by Gasteiger charge is 2.27. The van der Waals surface area contributed by atoms with Crippen LogP contribution in [0.4, 0.5) is 17.3 Å². The van der Waals surface area contributed by atoms with E-state index in [1.807, 2.05) is 36.4 Å². The minimum absolute atomic E-state index is 0.837. The van der Waals surface area contributed by atoms with Gasteiger partial charge in [0.1, 0.15) is 11.5 Å². The topological polar surface area (TPSA) is 22.3 Å². The van der Waals surface area contributed by atoms with E-state index in [4.69, 9.17) is 9.47 Å². The average Bonchev–Trinajstić information content (AvgIpc) is 2.86. The maximum atomic E-state index is 9.75. The molecular formula is C27H22BF4NO2. The SMILES string of the molecule is COc1cccc2c1c(-c1ccccc1)c1c(OC)cccc1[n+]2-c1ccccc1.F[B-](F)(F)F. The van der Waals surface area contributed by atoms with Gasteiger partial charge in [0.05, 0.1) is 25.0 Å². The minimum atomic E-state index is -6.00. The summed E-state index contributed by atoms with van der Waals surface area (Å²) >= 11 is 0. The number of fused-ring (bicyclic) bond motifs is 2. The minimum Gasteiger partial charge on any atom is -0.496 e. The average molecular weight is 479 g/mol. The molecule has 1 aromatic heterocycles. The molecule has 0 saturated heterocycles. The third-order valence-corrected chi connectivity index (χ3v) is 5.51. The van der Waals surface area contributed by atoms with Crippen molar-refractivity contribution < 1.29 is 31.3 Å². The molecule has 0 radical (unpaired) electrons. The van der Waals surface area contributed by atoms with Gasteiger partial charge in [0.25, 0.3) is 0 Å². The molecule has 8 heteroatoms. The van der Waals surface area contributed by atoms with Gasteiger partial charge in [-0.1, -0.05) is 60.7 Å². The molecule has 3 nitrogen and oxygen atoms in total. The van der Waals surface area contributed by atoms with Gasteiger partial charge in [-0.3, -0.25) is 0 Å². The van der Waals surface area contributed by atoms with E-state index < -0.39 is 7.25 Å². The molecule has 0 saturated carbocycles. The molecule has 4 aromatic carbocycles. The largest absolute Gasteiger partial charge is 0.673 e. The number of benzene rings is 4. The second kappa shape index (κ2) is 10.1. The molecule has 0 aliphatic carbocycles. The maximum Gasteiger partial charge on any atom is 0.673 e. The highest BCUT2D eigenvalue weighted by Crippen LogP contribution is 2.42. The third kappa shape index (κ3) is 5.06. The van der Waals surface area contributed by atoms with Gasteiger partial charge in [0.15, 0.2) is 0 Å². The van der Waals surface area contributed by atoms with E-state index in [1.165, 1.54) is 0 Å². The van der Waals surface area contributed by atoms with Gasteiger partial charge in [0.2, 0.25) is 16.7 Å². The Morgan fingerprint density at radius 2 is 1.00 bits per heavy atom. The summed E-state index contributed by atoms with van der Waals surface area (Å²) in [7, 11) is -2.55. The first-order valence-electron chi connectivity index (χ1n) is 10.8. The molecule has 0 fully saturated rings. The number of hydrogen-bond acceptors (Lipinski definition) is 2. The number of ether oxygens (including phenoxy) is 2. The number of para-hydroxylation sites is 1. The Hall–Kier alpha value is -4.07. The Labute approximate surface area is 200 Å². The molecule has 178 valence electrons. The zero-order valence-electron chi connectivity index (χ0n) is 19.1. The second-order valence-corrected chi connectivity index (χ2v) is 7.62. The van der Waals surface area contributed by atoms with Gasteiger partial charge in [-0.15, -0.1) is 0 Å². The predicted octanol–water partition coefficient (Wildman–Crippen LogP) is 7.25. The van der Waals surface area contributed by atoms with Crippen LogP contribution < -0.4 is 14.0 Å². The van der Waals surface area contributed by atoms with E-state index in [2.05, 4.69) is 65.2 Å². The van der Waals surface area contributed by atoms with Crippen LogP contribution >= 0.6 is 0 Å². The fourth-order valence-corrected chi connectivity index (χ4v) is 4.26. The summed E-state index contributed by atoms with van der Waals surface area (Å²) in [5.74, 6) is 1.67. The summed E-state index contributed by atoms with van der Waals surface area (Å²) in [6, 6.07) is 33.3. The van der Waals surface area contributed by atoms with E-state index in [9.17, 15) is 17.3 Å². The fourth-order valence-electron chi connectivity index (χ4n) is 4.26. The Morgan fingerprint density at radius 1 is 0.571 bits per heavy atom. The number of pyridine rings is 1. The highest BCUT2D eigenvalue weighted by molar-refractivity contribution is 6.50. The van der Waals surface area contributed by atoms with Crippen LogP contribution in [0.25, 0.3) is 38.6 Å². The van der Waals surface area contributed by atoms with Crippen LogP contribution in [-0.2, 0) is 0 Å². The van der Waals surface area contributed by atoms with Crippen LogP contribution in [0.2, 0.25) is 0 Å². The van der Waals surface area contributed by atoms with Crippen LogP contribution in [-0.4, -0.2) is 21.5 Å². The predicted molar refractivity (Wildman–Crippen MR) is 132 cm³/mol. The first kappa shape index (κ1) is 24.1. The number of nitrogens with zero attached hydrogens (tertiary/aromatic N) is 1. The van der Waals surface area contributed by atoms with Gasteiger partial charge in [-0.25, -0.2) is 0 Å². The molecule has 0 N–H and O–H groups in total. The van der Waals surface area contributed by atoms with E-state index in [0.29, 0.717) is 0 Å². The normalized spacial score (nSPS) is 11.1. The first-order valence-corrected chi connectivity index (χ1v) is 10.8. The molecule has 0 bridgehead atoms. The smallest absolute Gasteiger partial charge is 0.496 e. The molecule has 0 aliphatic rings. The van der Waals surface area contributed by atoms with E-state index in [-0.39, 0.29) is 0 Å². The molecule has 0 unspecified atom stereocenters. The number of halogens is 4. The molecule has 0 atom stereocenters. The lowest BCUT2D eigenvalue weighted by atomic mass is 9.94. The van der Waals surface area contributed by atoms with Crippen molar-refractivity contribution in [3.8, 4) is 28.3 Å². The van der Waals surface area contributed by atoms with Crippen LogP contribution in [0.5, 0.6) is 11.5 Å². The summed E-state index contributed by atoms with van der Waals surface area (Å²) < 4.78 is 53.0. The van der Waals surface area contributed by atoms with E-state index in [1.54, 1.807) is 14.2 Å².